The van der Waals surface area contributed by atoms with Crippen LogP contribution in [0.1, 0.15) is 0 Å². The molecule has 28 heavy (non-hydrogen) atoms. The van der Waals surface area contributed by atoms with E-state index in [-0.39, 0.29) is 16.6 Å². The number of ether oxygens (including phenoxy) is 1. The van der Waals surface area contributed by atoms with Gasteiger partial charge in [0.25, 0.3) is 5.91 Å². The van der Waals surface area contributed by atoms with Crippen molar-refractivity contribution < 1.29 is 14.3 Å². The van der Waals surface area contributed by atoms with Gasteiger partial charge in [0.15, 0.2) is 12.4 Å². The van der Waals surface area contributed by atoms with E-state index in [2.05, 4.69) is 26.2 Å². The molecule has 0 aliphatic rings. The highest BCUT2D eigenvalue weighted by Gasteiger charge is 2.13. The zero-order valence-corrected chi connectivity index (χ0v) is 18.2. The smallest absolute Gasteiger partial charge is 0.316 e. The first kappa shape index (κ1) is 20.9. The molecule has 144 valence electrons. The summed E-state index contributed by atoms with van der Waals surface area (Å²) in [6.07, 6.45) is 1.35. The van der Waals surface area contributed by atoms with Crippen LogP contribution in [-0.4, -0.2) is 29.2 Å². The maximum atomic E-state index is 12.0. The number of nitrogens with one attached hydrogen (secondary N) is 1. The fourth-order valence-corrected chi connectivity index (χ4v) is 4.35. The zero-order valence-electron chi connectivity index (χ0n) is 14.2. The number of esters is 1. The second-order valence-electron chi connectivity index (χ2n) is 5.58. The van der Waals surface area contributed by atoms with E-state index in [9.17, 15) is 9.59 Å². The molecule has 1 heterocycles. The van der Waals surface area contributed by atoms with Gasteiger partial charge in [0.2, 0.25) is 0 Å². The molecular weight excluding hydrogens is 487 g/mol. The Morgan fingerprint density at radius 3 is 2.75 bits per heavy atom. The Morgan fingerprint density at radius 1 is 1.18 bits per heavy atom. The number of carbonyl (C=O) groups excluding carboxylic acids is 2. The van der Waals surface area contributed by atoms with Crippen LogP contribution >= 0.6 is 50.9 Å². The number of anilines is 1. The molecule has 1 amide bonds. The number of halogens is 3. The minimum Gasteiger partial charge on any atom is -0.455 e. The van der Waals surface area contributed by atoms with Crippen molar-refractivity contribution in [3.8, 4) is 0 Å². The Kier molecular flexibility index (Phi) is 7.18. The predicted molar refractivity (Wildman–Crippen MR) is 116 cm³/mol. The molecule has 0 saturated carbocycles. The molecule has 0 radical (unpaired) electrons. The summed E-state index contributed by atoms with van der Waals surface area (Å²) in [6, 6.07) is 13.3. The van der Waals surface area contributed by atoms with E-state index in [0.717, 1.165) is 20.1 Å². The highest BCUT2D eigenvalue weighted by atomic mass is 79.9. The van der Waals surface area contributed by atoms with Gasteiger partial charge in [-0.05, 0) is 38.8 Å². The summed E-state index contributed by atoms with van der Waals surface area (Å²) in [5.41, 5.74) is 0. The maximum Gasteiger partial charge on any atom is 0.316 e. The summed E-state index contributed by atoms with van der Waals surface area (Å²) < 4.78 is 5.93. The van der Waals surface area contributed by atoms with Gasteiger partial charge in [-0.1, -0.05) is 53.5 Å². The Labute approximate surface area is 183 Å². The third kappa shape index (κ3) is 5.38. The van der Waals surface area contributed by atoms with Gasteiger partial charge in [0.1, 0.15) is 0 Å². The second kappa shape index (κ2) is 9.60. The van der Waals surface area contributed by atoms with Gasteiger partial charge < -0.3 is 10.1 Å². The lowest BCUT2D eigenvalue weighted by Gasteiger charge is -2.09. The van der Waals surface area contributed by atoms with Crippen LogP contribution in [0.15, 0.2) is 58.0 Å². The highest BCUT2D eigenvalue weighted by molar-refractivity contribution is 9.10. The average Bonchev–Trinajstić information content (AvgIpc) is 2.68. The lowest BCUT2D eigenvalue weighted by atomic mass is 10.1. The first-order valence-electron chi connectivity index (χ1n) is 8.00. The SMILES string of the molecule is O=C(COC(=O)CSc1ccc2ccccc2c1Br)Nc1ncc(Cl)cc1Cl. The van der Waals surface area contributed by atoms with Crippen molar-refractivity contribution >= 4 is 79.4 Å². The largest absolute Gasteiger partial charge is 0.455 e. The van der Waals surface area contributed by atoms with E-state index in [0.29, 0.717) is 5.02 Å². The van der Waals surface area contributed by atoms with Gasteiger partial charge in [-0.15, -0.1) is 11.8 Å². The molecule has 5 nitrogen and oxygen atoms in total. The fourth-order valence-electron chi connectivity index (χ4n) is 2.32. The van der Waals surface area contributed by atoms with Gasteiger partial charge in [-0.2, -0.15) is 0 Å². The molecule has 0 fully saturated rings. The van der Waals surface area contributed by atoms with Crippen LogP contribution in [0.2, 0.25) is 10.0 Å². The standard InChI is InChI=1S/C19H13BrCl2N2O3S/c20-18-13-4-2-1-3-11(13)5-6-15(18)28-10-17(26)27-9-16(25)24-19-14(22)7-12(21)8-23-19/h1-8H,9-10H2,(H,23,24,25). The van der Waals surface area contributed by atoms with Crippen LogP contribution in [0.3, 0.4) is 0 Å². The van der Waals surface area contributed by atoms with Crippen molar-refractivity contribution in [3.63, 3.8) is 0 Å². The maximum absolute atomic E-state index is 12.0. The summed E-state index contributed by atoms with van der Waals surface area (Å²) in [5.74, 6) is -0.816. The van der Waals surface area contributed by atoms with Crippen molar-refractivity contribution in [1.82, 2.24) is 4.98 Å². The summed E-state index contributed by atoms with van der Waals surface area (Å²) in [4.78, 5) is 28.7. The normalized spacial score (nSPS) is 10.7. The van der Waals surface area contributed by atoms with E-state index in [1.165, 1.54) is 24.0 Å². The molecule has 1 aromatic heterocycles. The number of hydrogen-bond acceptors (Lipinski definition) is 5. The molecule has 0 unspecified atom stereocenters. The number of thioether (sulfide) groups is 1. The van der Waals surface area contributed by atoms with E-state index in [1.54, 1.807) is 0 Å². The first-order valence-corrected chi connectivity index (χ1v) is 10.5. The zero-order chi connectivity index (χ0) is 20.1. The van der Waals surface area contributed by atoms with Crippen LogP contribution < -0.4 is 5.32 Å². The third-order valence-electron chi connectivity index (χ3n) is 3.60. The van der Waals surface area contributed by atoms with Crippen LogP contribution in [0.5, 0.6) is 0 Å². The Morgan fingerprint density at radius 2 is 1.96 bits per heavy atom. The topological polar surface area (TPSA) is 68.3 Å². The van der Waals surface area contributed by atoms with Gasteiger partial charge >= 0.3 is 5.97 Å². The third-order valence-corrected chi connectivity index (χ3v) is 6.25. The van der Waals surface area contributed by atoms with Gasteiger partial charge in [0.05, 0.1) is 15.8 Å². The number of pyridine rings is 1. The molecule has 9 heteroatoms. The van der Waals surface area contributed by atoms with Crippen LogP contribution in [0, 0.1) is 0 Å². The minimum atomic E-state index is -0.540. The van der Waals surface area contributed by atoms with Gasteiger partial charge in [0, 0.05) is 15.6 Å². The second-order valence-corrected chi connectivity index (χ2v) is 8.23. The van der Waals surface area contributed by atoms with Crippen molar-refractivity contribution in [2.75, 3.05) is 17.7 Å². The summed E-state index contributed by atoms with van der Waals surface area (Å²) in [5, 5.41) is 5.18. The Bertz CT molecular complexity index is 1050. The monoisotopic (exact) mass is 498 g/mol. The molecule has 0 aliphatic carbocycles. The minimum absolute atomic E-state index is 0.0736. The van der Waals surface area contributed by atoms with Crippen LogP contribution in [0.25, 0.3) is 10.8 Å². The molecule has 0 saturated heterocycles. The number of aromatic nitrogens is 1. The number of rotatable bonds is 6. The Hall–Kier alpha value is -1.80. The molecule has 1 N–H and O–H groups in total. The average molecular weight is 500 g/mol. The summed E-state index contributed by atoms with van der Waals surface area (Å²) >= 11 is 16.6. The number of carbonyl (C=O) groups is 2. The molecule has 3 aromatic rings. The van der Waals surface area contributed by atoms with Gasteiger partial charge in [-0.25, -0.2) is 4.98 Å². The summed E-state index contributed by atoms with van der Waals surface area (Å²) in [6.45, 7) is -0.432. The molecule has 0 atom stereocenters. The number of fused-ring (bicyclic) bond motifs is 1. The number of hydrogen-bond donors (Lipinski definition) is 1. The fraction of sp³-hybridized carbons (Fsp3) is 0.105. The van der Waals surface area contributed by atoms with E-state index >= 15 is 0 Å². The lowest BCUT2D eigenvalue weighted by Crippen LogP contribution is -2.22. The number of benzene rings is 2. The molecular formula is C19H13BrCl2N2O3S. The lowest BCUT2D eigenvalue weighted by molar-refractivity contribution is -0.144. The van der Waals surface area contributed by atoms with Crippen molar-refractivity contribution in [2.24, 2.45) is 0 Å². The molecule has 2 aromatic carbocycles. The number of nitrogens with zero attached hydrogens (tertiary/aromatic N) is 1. The highest BCUT2D eigenvalue weighted by Crippen LogP contribution is 2.34. The quantitative estimate of drug-likeness (QED) is 0.354. The van der Waals surface area contributed by atoms with Crippen molar-refractivity contribution in [2.45, 2.75) is 4.90 Å². The van der Waals surface area contributed by atoms with E-state index in [1.807, 2.05) is 36.4 Å². The molecule has 0 spiro atoms. The summed E-state index contributed by atoms with van der Waals surface area (Å²) in [7, 11) is 0. The molecule has 0 aliphatic heterocycles. The van der Waals surface area contributed by atoms with Crippen LogP contribution in [-0.2, 0) is 14.3 Å². The first-order chi connectivity index (χ1) is 13.4. The Balaban J connectivity index is 1.50. The van der Waals surface area contributed by atoms with Crippen molar-refractivity contribution in [1.29, 1.82) is 0 Å². The van der Waals surface area contributed by atoms with Crippen molar-refractivity contribution in [3.05, 3.63) is 63.2 Å². The molecule has 3 rings (SSSR count). The van der Waals surface area contributed by atoms with E-state index in [4.69, 9.17) is 27.9 Å². The van der Waals surface area contributed by atoms with Gasteiger partial charge in [-0.3, -0.25) is 9.59 Å². The van der Waals surface area contributed by atoms with Crippen LogP contribution in [0.4, 0.5) is 5.82 Å². The van der Waals surface area contributed by atoms with E-state index < -0.39 is 18.5 Å². The number of amides is 1. The molecule has 0 bridgehead atoms. The predicted octanol–water partition coefficient (Wildman–Crippen LogP) is 5.58.